The number of rotatable bonds is 46. The lowest BCUT2D eigenvalue weighted by Gasteiger charge is -2.24. The Morgan fingerprint density at radius 2 is 0.737 bits per heavy atom. The van der Waals surface area contributed by atoms with Crippen LogP contribution in [0.15, 0.2) is 24.3 Å². The quantitative estimate of drug-likeness (QED) is 0.0219. The SMILES string of the molecule is NCCNC(=O)CCN(CCNC(=O)CCN(CCC(=O)NCCCCCCNC(=O)C(F)c1ccccc1OP(=O)(O)O)CCC(=O)NCCN(CCC(=O)NCCN)CCC(=O)NCCN)CCC(=O)NCCN. The molecule has 18 N–H and O–H groups in total. The highest BCUT2D eigenvalue weighted by Gasteiger charge is 2.26. The summed E-state index contributed by atoms with van der Waals surface area (Å²) in [4.78, 5) is 125. The maximum Gasteiger partial charge on any atom is 0.524 e. The van der Waals surface area contributed by atoms with Gasteiger partial charge in [-0.3, -0.25) is 48.1 Å². The predicted octanol–water partition coefficient (Wildman–Crippen LogP) is -3.87. The summed E-state index contributed by atoms with van der Waals surface area (Å²) in [6, 6.07) is 5.14. The number of hydrogen-bond donors (Lipinski definition) is 14. The summed E-state index contributed by atoms with van der Waals surface area (Å²) in [5.41, 5.74) is 21.6. The molecular formula is C47H87FN15O12P. The van der Waals surface area contributed by atoms with Gasteiger partial charge >= 0.3 is 7.82 Å². The summed E-state index contributed by atoms with van der Waals surface area (Å²) in [7, 11) is -4.98. The van der Waals surface area contributed by atoms with Gasteiger partial charge in [-0.25, -0.2) is 8.96 Å². The van der Waals surface area contributed by atoms with E-state index in [1.54, 1.807) is 0 Å². The molecule has 0 bridgehead atoms. The number of para-hydroxylation sites is 1. The first-order valence-corrected chi connectivity index (χ1v) is 27.5. The smallest absolute Gasteiger partial charge is 0.404 e. The molecule has 0 saturated carbocycles. The van der Waals surface area contributed by atoms with Gasteiger partial charge in [-0.05, 0) is 18.9 Å². The van der Waals surface area contributed by atoms with Crippen LogP contribution in [0.2, 0.25) is 0 Å². The summed E-state index contributed by atoms with van der Waals surface area (Å²) in [6.45, 7) is 6.26. The average Bonchev–Trinajstić information content (AvgIpc) is 3.39. The van der Waals surface area contributed by atoms with Crippen LogP contribution in [0.25, 0.3) is 0 Å². The number of halogens is 1. The van der Waals surface area contributed by atoms with E-state index >= 15 is 0 Å². The van der Waals surface area contributed by atoms with Gasteiger partial charge in [-0.15, -0.1) is 0 Å². The summed E-state index contributed by atoms with van der Waals surface area (Å²) in [5.74, 6) is -2.99. The average molecular weight is 1100 g/mol. The zero-order valence-electron chi connectivity index (χ0n) is 44.0. The lowest BCUT2D eigenvalue weighted by Crippen LogP contribution is -2.41. The monoisotopic (exact) mass is 1100 g/mol. The Labute approximate surface area is 445 Å². The Bertz CT molecular complexity index is 1800. The fourth-order valence-electron chi connectivity index (χ4n) is 7.17. The predicted molar refractivity (Wildman–Crippen MR) is 283 cm³/mol. The number of nitrogens with zero attached hydrogens (tertiary/aromatic N) is 3. The van der Waals surface area contributed by atoms with Gasteiger partial charge in [0.15, 0.2) is 0 Å². The van der Waals surface area contributed by atoms with Crippen LogP contribution in [0.1, 0.15) is 82.4 Å². The van der Waals surface area contributed by atoms with Crippen LogP contribution in [0.3, 0.4) is 0 Å². The van der Waals surface area contributed by atoms with Crippen molar-refractivity contribution in [1.29, 1.82) is 0 Å². The molecule has 0 aliphatic rings. The Morgan fingerprint density at radius 1 is 0.447 bits per heavy atom. The number of alkyl halides is 1. The van der Waals surface area contributed by atoms with E-state index in [1.807, 2.05) is 14.7 Å². The number of carbonyl (C=O) groups excluding carboxylic acids is 8. The van der Waals surface area contributed by atoms with Crippen LogP contribution in [-0.2, 0) is 42.9 Å². The molecule has 0 aliphatic carbocycles. The molecule has 0 radical (unpaired) electrons. The standard InChI is InChI=1S/C47H87FN15O12P/c48-46(37-7-3-4-8-38(37)75-76(72,73)74)47(71)60-21-6-2-1-5-20-53-39(64)9-28-61(29-10-44(69)58-26-35-62(31-12-40(65)54-22-16-49)32-13-41(66)55-23-17-50)30-11-45(70)59-27-36-63(33-14-42(67)56-24-18-51)34-15-43(68)57-25-19-52/h3-4,7-8,46H,1-2,5-6,9-36,49-52H2,(H,53,64)(H,54,65)(H,55,66)(H,56,67)(H,57,68)(H,58,69)(H,59,70)(H,60,71)(H2,72,73,74). The second kappa shape index (κ2) is 42.7. The van der Waals surface area contributed by atoms with E-state index in [2.05, 4.69) is 47.1 Å². The maximum atomic E-state index is 14.9. The number of phosphoric ester groups is 1. The zero-order chi connectivity index (χ0) is 56.4. The Hall–Kier alpha value is -5.42. The molecule has 1 aromatic carbocycles. The first-order valence-electron chi connectivity index (χ1n) is 26.0. The molecule has 1 atom stereocenters. The molecule has 0 aliphatic heterocycles. The van der Waals surface area contributed by atoms with Crippen molar-refractivity contribution in [3.8, 4) is 5.75 Å². The van der Waals surface area contributed by atoms with Crippen molar-refractivity contribution in [1.82, 2.24) is 57.2 Å². The van der Waals surface area contributed by atoms with Crippen LogP contribution < -0.4 is 70.0 Å². The maximum absolute atomic E-state index is 14.9. The molecule has 27 nitrogen and oxygen atoms in total. The first-order chi connectivity index (χ1) is 36.4. The number of hydrogen-bond acceptors (Lipinski definition) is 17. The summed E-state index contributed by atoms with van der Waals surface area (Å²) in [5, 5.41) is 22.0. The van der Waals surface area contributed by atoms with Gasteiger partial charge in [0.25, 0.3) is 5.91 Å². The number of phosphoric acid groups is 1. The molecule has 1 rings (SSSR count). The number of carbonyl (C=O) groups is 8. The van der Waals surface area contributed by atoms with Crippen LogP contribution in [0.5, 0.6) is 5.75 Å². The second-order valence-corrected chi connectivity index (χ2v) is 18.7. The van der Waals surface area contributed by atoms with Crippen molar-refractivity contribution >= 4 is 55.1 Å². The Morgan fingerprint density at radius 3 is 1.07 bits per heavy atom. The number of amides is 8. The number of benzene rings is 1. The third kappa shape index (κ3) is 36.5. The van der Waals surface area contributed by atoms with Gasteiger partial charge in [0, 0.05) is 188 Å². The van der Waals surface area contributed by atoms with Gasteiger partial charge in [0.1, 0.15) is 5.75 Å². The topological polar surface area (TPSA) is 413 Å². The van der Waals surface area contributed by atoms with Crippen LogP contribution >= 0.6 is 7.82 Å². The molecule has 434 valence electrons. The van der Waals surface area contributed by atoms with Gasteiger partial charge in [0.05, 0.1) is 0 Å². The lowest BCUT2D eigenvalue weighted by atomic mass is 10.1. The van der Waals surface area contributed by atoms with E-state index in [4.69, 9.17) is 32.7 Å². The van der Waals surface area contributed by atoms with E-state index in [0.29, 0.717) is 124 Å². The summed E-state index contributed by atoms with van der Waals surface area (Å²) >= 11 is 0. The number of unbranched alkanes of at least 4 members (excludes halogenated alkanes) is 3. The van der Waals surface area contributed by atoms with Crippen molar-refractivity contribution in [3.63, 3.8) is 0 Å². The van der Waals surface area contributed by atoms with Crippen molar-refractivity contribution in [2.24, 2.45) is 22.9 Å². The van der Waals surface area contributed by atoms with Crippen molar-refractivity contribution in [2.75, 3.05) is 137 Å². The molecule has 0 fully saturated rings. The molecule has 1 aromatic rings. The van der Waals surface area contributed by atoms with Gasteiger partial charge in [-0.1, -0.05) is 31.0 Å². The Balaban J connectivity index is 2.80. The highest BCUT2D eigenvalue weighted by Crippen LogP contribution is 2.41. The molecule has 8 amide bonds. The van der Waals surface area contributed by atoms with Crippen molar-refractivity contribution < 1.29 is 61.6 Å². The minimum absolute atomic E-state index is 0.0453. The van der Waals surface area contributed by atoms with Crippen LogP contribution in [-0.4, -0.2) is 209 Å². The minimum Gasteiger partial charge on any atom is -0.404 e. The van der Waals surface area contributed by atoms with Crippen molar-refractivity contribution in [2.45, 2.75) is 76.8 Å². The largest absolute Gasteiger partial charge is 0.524 e. The molecule has 76 heavy (non-hydrogen) atoms. The molecule has 0 spiro atoms. The third-order valence-corrected chi connectivity index (χ3v) is 11.8. The van der Waals surface area contributed by atoms with Crippen LogP contribution in [0.4, 0.5) is 4.39 Å². The Kier molecular flexibility index (Phi) is 38.5. The molecule has 0 aromatic heterocycles. The highest BCUT2D eigenvalue weighted by molar-refractivity contribution is 7.46. The van der Waals surface area contributed by atoms with E-state index in [1.165, 1.54) is 18.2 Å². The van der Waals surface area contributed by atoms with E-state index in [-0.39, 0.29) is 131 Å². The van der Waals surface area contributed by atoms with Gasteiger partial charge in [0.2, 0.25) is 47.5 Å². The normalized spacial score (nSPS) is 11.7. The van der Waals surface area contributed by atoms with Crippen LogP contribution in [0, 0.1) is 0 Å². The highest BCUT2D eigenvalue weighted by atomic mass is 31.2. The number of nitrogens with one attached hydrogen (secondary N) is 8. The lowest BCUT2D eigenvalue weighted by molar-refractivity contribution is -0.126. The van der Waals surface area contributed by atoms with E-state index in [0.717, 1.165) is 6.07 Å². The third-order valence-electron chi connectivity index (χ3n) is 11.3. The molecule has 29 heteroatoms. The number of nitrogens with two attached hydrogens (primary N) is 4. The molecule has 0 saturated heterocycles. The summed E-state index contributed by atoms with van der Waals surface area (Å²) < 4.78 is 30.7. The van der Waals surface area contributed by atoms with Gasteiger partial charge in [-0.2, -0.15) is 0 Å². The molecule has 0 heterocycles. The minimum atomic E-state index is -4.98. The van der Waals surface area contributed by atoms with E-state index in [9.17, 15) is 47.3 Å². The zero-order valence-corrected chi connectivity index (χ0v) is 44.9. The summed E-state index contributed by atoms with van der Waals surface area (Å²) in [6.07, 6.45) is 1.08. The van der Waals surface area contributed by atoms with Crippen molar-refractivity contribution in [3.05, 3.63) is 29.8 Å². The fraction of sp³-hybridized carbons (Fsp3) is 0.702. The first kappa shape index (κ1) is 68.6. The molecular weight excluding hydrogens is 1020 g/mol. The van der Waals surface area contributed by atoms with Gasteiger partial charge < -0.3 is 84.7 Å². The fourth-order valence-corrected chi connectivity index (χ4v) is 7.59. The molecule has 1 unspecified atom stereocenters. The van der Waals surface area contributed by atoms with E-state index < -0.39 is 25.7 Å². The second-order valence-electron chi connectivity index (χ2n) is 17.6.